The molecule has 3 rings (SSSR count). The molecular weight excluding hydrogens is 300 g/mol. The van der Waals surface area contributed by atoms with Gasteiger partial charge in [0.05, 0.1) is 5.69 Å². The number of carbonyl (C=O) groups excluding carboxylic acids is 2. The highest BCUT2D eigenvalue weighted by Gasteiger charge is 2.41. The van der Waals surface area contributed by atoms with Crippen molar-refractivity contribution in [3.05, 3.63) is 58.0 Å². The van der Waals surface area contributed by atoms with E-state index in [0.717, 1.165) is 29.5 Å². The van der Waals surface area contributed by atoms with Crippen LogP contribution in [0, 0.1) is 11.6 Å². The highest BCUT2D eigenvalue weighted by atomic mass is 32.1. The van der Waals surface area contributed by atoms with E-state index < -0.39 is 34.9 Å². The molecule has 0 spiro atoms. The van der Waals surface area contributed by atoms with Crippen LogP contribution in [0.1, 0.15) is 4.88 Å². The third kappa shape index (κ3) is 2.02. The molecule has 1 aromatic heterocycles. The summed E-state index contributed by atoms with van der Waals surface area (Å²) in [5.41, 5.74) is -0.734. The number of anilines is 1. The van der Waals surface area contributed by atoms with Crippen LogP contribution < -0.4 is 4.90 Å². The molecule has 0 saturated heterocycles. The first-order valence-electron chi connectivity index (χ1n) is 5.81. The predicted molar refractivity (Wildman–Crippen MR) is 72.7 cm³/mol. The lowest BCUT2D eigenvalue weighted by Gasteiger charge is -2.15. The van der Waals surface area contributed by atoms with Crippen molar-refractivity contribution in [1.29, 1.82) is 0 Å². The van der Waals surface area contributed by atoms with Gasteiger partial charge in [0.25, 0.3) is 5.91 Å². The number of hydrogen-bond acceptors (Lipinski definition) is 4. The fourth-order valence-electron chi connectivity index (χ4n) is 2.04. The van der Waals surface area contributed by atoms with Gasteiger partial charge < -0.3 is 5.11 Å². The van der Waals surface area contributed by atoms with Crippen molar-refractivity contribution in [1.82, 2.24) is 0 Å². The summed E-state index contributed by atoms with van der Waals surface area (Å²) in [5, 5.41) is 11.5. The number of rotatable bonds is 2. The maximum atomic E-state index is 13.8. The minimum atomic E-state index is -1.08. The number of amides is 2. The Balaban J connectivity index is 2.11. The SMILES string of the molecule is O=C1C(O)=C(c2cccs2)C(=O)N1c1cc(F)ccc1F. The fraction of sp³-hybridized carbons (Fsp3) is 0. The number of hydrogen-bond donors (Lipinski definition) is 1. The summed E-state index contributed by atoms with van der Waals surface area (Å²) >= 11 is 1.15. The van der Waals surface area contributed by atoms with Crippen molar-refractivity contribution in [2.75, 3.05) is 4.90 Å². The minimum Gasteiger partial charge on any atom is -0.502 e. The van der Waals surface area contributed by atoms with Crippen molar-refractivity contribution in [3.63, 3.8) is 0 Å². The Morgan fingerprint density at radius 1 is 1.10 bits per heavy atom. The van der Waals surface area contributed by atoms with E-state index in [4.69, 9.17) is 0 Å². The predicted octanol–water partition coefficient (Wildman–Crippen LogP) is 2.87. The second-order valence-corrected chi connectivity index (χ2v) is 5.19. The maximum absolute atomic E-state index is 13.8. The average Bonchev–Trinajstić information content (AvgIpc) is 3.02. The lowest BCUT2D eigenvalue weighted by molar-refractivity contribution is -0.121. The van der Waals surface area contributed by atoms with E-state index in [2.05, 4.69) is 0 Å². The second kappa shape index (κ2) is 4.78. The molecule has 1 N–H and O–H groups in total. The summed E-state index contributed by atoms with van der Waals surface area (Å²) < 4.78 is 27.0. The van der Waals surface area contributed by atoms with Crippen molar-refractivity contribution < 1.29 is 23.5 Å². The highest BCUT2D eigenvalue weighted by molar-refractivity contribution is 7.11. The van der Waals surface area contributed by atoms with Crippen LogP contribution >= 0.6 is 11.3 Å². The largest absolute Gasteiger partial charge is 0.502 e. The van der Waals surface area contributed by atoms with Crippen LogP contribution in [-0.4, -0.2) is 16.9 Å². The summed E-state index contributed by atoms with van der Waals surface area (Å²) in [6.45, 7) is 0. The topological polar surface area (TPSA) is 57.6 Å². The van der Waals surface area contributed by atoms with Crippen LogP contribution in [0.4, 0.5) is 14.5 Å². The first kappa shape index (κ1) is 13.4. The van der Waals surface area contributed by atoms with Gasteiger partial charge in [0.15, 0.2) is 5.76 Å². The number of halogens is 2. The molecule has 0 aliphatic carbocycles. The number of carbonyl (C=O) groups is 2. The van der Waals surface area contributed by atoms with E-state index in [1.165, 1.54) is 0 Å². The van der Waals surface area contributed by atoms with Gasteiger partial charge in [0.1, 0.15) is 17.2 Å². The van der Waals surface area contributed by atoms with Gasteiger partial charge >= 0.3 is 5.91 Å². The quantitative estimate of drug-likeness (QED) is 0.868. The molecule has 1 aliphatic rings. The normalized spacial score (nSPS) is 15.2. The zero-order valence-electron chi connectivity index (χ0n) is 10.3. The Morgan fingerprint density at radius 3 is 2.52 bits per heavy atom. The highest BCUT2D eigenvalue weighted by Crippen LogP contribution is 2.34. The number of nitrogens with zero attached hydrogens (tertiary/aromatic N) is 1. The first-order valence-corrected chi connectivity index (χ1v) is 6.69. The van der Waals surface area contributed by atoms with E-state index in [9.17, 15) is 23.5 Å². The fourth-order valence-corrected chi connectivity index (χ4v) is 2.80. The number of thiophene rings is 1. The average molecular weight is 307 g/mol. The molecule has 21 heavy (non-hydrogen) atoms. The molecule has 0 saturated carbocycles. The Kier molecular flexibility index (Phi) is 3.06. The monoisotopic (exact) mass is 307 g/mol. The molecule has 0 radical (unpaired) electrons. The number of imide groups is 1. The van der Waals surface area contributed by atoms with Crippen LogP contribution in [0.25, 0.3) is 5.57 Å². The molecule has 2 heterocycles. The minimum absolute atomic E-state index is 0.210. The first-order chi connectivity index (χ1) is 10.0. The van der Waals surface area contributed by atoms with Gasteiger partial charge in [-0.2, -0.15) is 0 Å². The van der Waals surface area contributed by atoms with Gasteiger partial charge in [-0.05, 0) is 23.6 Å². The molecule has 0 bridgehead atoms. The molecular formula is C14H7F2NO3S. The van der Waals surface area contributed by atoms with Crippen LogP contribution in [-0.2, 0) is 9.59 Å². The van der Waals surface area contributed by atoms with Gasteiger partial charge in [0.2, 0.25) is 0 Å². The number of benzene rings is 1. The van der Waals surface area contributed by atoms with E-state index >= 15 is 0 Å². The van der Waals surface area contributed by atoms with E-state index in [1.807, 2.05) is 0 Å². The summed E-state index contributed by atoms with van der Waals surface area (Å²) in [5.74, 6) is -4.46. The van der Waals surface area contributed by atoms with Crippen molar-refractivity contribution in [3.8, 4) is 0 Å². The molecule has 0 atom stereocenters. The Hall–Kier alpha value is -2.54. The summed E-state index contributed by atoms with van der Waals surface area (Å²) in [6.07, 6.45) is 0. The summed E-state index contributed by atoms with van der Waals surface area (Å²) in [4.78, 5) is 25.1. The Labute approximate surface area is 121 Å². The maximum Gasteiger partial charge on any atom is 0.301 e. The van der Waals surface area contributed by atoms with E-state index in [1.54, 1.807) is 17.5 Å². The van der Waals surface area contributed by atoms with Crippen molar-refractivity contribution in [2.45, 2.75) is 0 Å². The zero-order chi connectivity index (χ0) is 15.1. The van der Waals surface area contributed by atoms with Crippen LogP contribution in [0.2, 0.25) is 0 Å². The standard InChI is InChI=1S/C14H7F2NO3S/c15-7-3-4-8(16)9(6-7)17-13(19)11(12(18)14(17)20)10-2-1-5-21-10/h1-6,18H. The van der Waals surface area contributed by atoms with Crippen molar-refractivity contribution in [2.24, 2.45) is 0 Å². The van der Waals surface area contributed by atoms with Gasteiger partial charge in [0, 0.05) is 10.9 Å². The lowest BCUT2D eigenvalue weighted by Crippen LogP contribution is -2.32. The van der Waals surface area contributed by atoms with Crippen LogP contribution in [0.5, 0.6) is 0 Å². The lowest BCUT2D eigenvalue weighted by atomic mass is 10.2. The van der Waals surface area contributed by atoms with Crippen molar-refractivity contribution >= 4 is 34.4 Å². The molecule has 1 aromatic carbocycles. The molecule has 0 unspecified atom stereocenters. The number of aliphatic hydroxyl groups is 1. The molecule has 7 heteroatoms. The van der Waals surface area contributed by atoms with Gasteiger partial charge in [-0.15, -0.1) is 11.3 Å². The third-order valence-corrected chi connectivity index (χ3v) is 3.86. The van der Waals surface area contributed by atoms with Crippen LogP contribution in [0.3, 0.4) is 0 Å². The molecule has 2 amide bonds. The van der Waals surface area contributed by atoms with Gasteiger partial charge in [-0.3, -0.25) is 9.59 Å². The molecule has 1 aliphatic heterocycles. The van der Waals surface area contributed by atoms with E-state index in [0.29, 0.717) is 9.78 Å². The van der Waals surface area contributed by atoms with E-state index in [-0.39, 0.29) is 5.57 Å². The molecule has 2 aromatic rings. The Bertz CT molecular complexity index is 784. The smallest absolute Gasteiger partial charge is 0.301 e. The number of aliphatic hydroxyl groups excluding tert-OH is 1. The van der Waals surface area contributed by atoms with Gasteiger partial charge in [-0.25, -0.2) is 13.7 Å². The third-order valence-electron chi connectivity index (χ3n) is 2.98. The van der Waals surface area contributed by atoms with Gasteiger partial charge in [-0.1, -0.05) is 6.07 Å². The molecule has 106 valence electrons. The van der Waals surface area contributed by atoms with Crippen LogP contribution in [0.15, 0.2) is 41.5 Å². The molecule has 4 nitrogen and oxygen atoms in total. The second-order valence-electron chi connectivity index (χ2n) is 4.24. The zero-order valence-corrected chi connectivity index (χ0v) is 11.2. The summed E-state index contributed by atoms with van der Waals surface area (Å²) in [6, 6.07) is 5.61. The summed E-state index contributed by atoms with van der Waals surface area (Å²) in [7, 11) is 0. The molecule has 0 fully saturated rings. The Morgan fingerprint density at radius 2 is 1.86 bits per heavy atom.